The third-order valence-electron chi connectivity index (χ3n) is 6.49. The van der Waals surface area contributed by atoms with Crippen molar-refractivity contribution in [3.8, 4) is 11.4 Å². The molecule has 4 heterocycles. The van der Waals surface area contributed by atoms with Crippen LogP contribution in [0.1, 0.15) is 34.6 Å². The first-order valence-electron chi connectivity index (χ1n) is 10.6. The predicted molar refractivity (Wildman–Crippen MR) is 118 cm³/mol. The van der Waals surface area contributed by atoms with Crippen LogP contribution >= 0.6 is 11.3 Å². The Labute approximate surface area is 191 Å². The highest BCUT2D eigenvalue weighted by molar-refractivity contribution is 7.16. The number of hydrogen-bond acceptors (Lipinski definition) is 4. The first-order chi connectivity index (χ1) is 15.9. The minimum atomic E-state index is -4.49. The highest BCUT2D eigenvalue weighted by Gasteiger charge is 2.48. The van der Waals surface area contributed by atoms with E-state index in [1.54, 1.807) is 40.7 Å². The van der Waals surface area contributed by atoms with Crippen molar-refractivity contribution in [2.24, 2.45) is 0 Å². The molecule has 5 nitrogen and oxygen atoms in total. The summed E-state index contributed by atoms with van der Waals surface area (Å²) in [5.41, 5.74) is 2.40. The molecule has 0 unspecified atom stereocenters. The molecule has 168 valence electrons. The summed E-state index contributed by atoms with van der Waals surface area (Å²) in [6.45, 7) is 0.766. The number of amides is 1. The lowest BCUT2D eigenvalue weighted by atomic mass is 9.86. The van der Waals surface area contributed by atoms with Crippen molar-refractivity contribution in [1.29, 1.82) is 0 Å². The minimum absolute atomic E-state index is 0.0947. The van der Waals surface area contributed by atoms with E-state index in [0.717, 1.165) is 16.3 Å². The van der Waals surface area contributed by atoms with Gasteiger partial charge in [0.2, 0.25) is 0 Å². The molecule has 1 spiro atoms. The summed E-state index contributed by atoms with van der Waals surface area (Å²) in [6, 6.07) is 14.8. The molecule has 2 aromatic heterocycles. The second-order valence-corrected chi connectivity index (χ2v) is 9.21. The van der Waals surface area contributed by atoms with Crippen LogP contribution in [-0.2, 0) is 11.8 Å². The fourth-order valence-electron chi connectivity index (χ4n) is 4.86. The molecule has 1 fully saturated rings. The SMILES string of the molecule is O=C(c1ccc2ncsc2c1)N1CCC2(CC1)Oc1ccccc1-n1c(C(F)(F)F)ccc12. The Morgan fingerprint density at radius 3 is 2.64 bits per heavy atom. The van der Waals surface area contributed by atoms with Crippen LogP contribution in [0.15, 0.2) is 60.1 Å². The number of hydrogen-bond donors (Lipinski definition) is 0. The number of aromatic nitrogens is 2. The summed E-state index contributed by atoms with van der Waals surface area (Å²) >= 11 is 1.48. The van der Waals surface area contributed by atoms with Gasteiger partial charge < -0.3 is 14.2 Å². The van der Waals surface area contributed by atoms with E-state index in [2.05, 4.69) is 4.98 Å². The summed E-state index contributed by atoms with van der Waals surface area (Å²) in [5.74, 6) is 0.324. The molecular weight excluding hydrogens is 451 g/mol. The Morgan fingerprint density at radius 2 is 1.85 bits per heavy atom. The molecule has 4 aromatic rings. The lowest BCUT2D eigenvalue weighted by molar-refractivity contribution is -0.143. The van der Waals surface area contributed by atoms with Gasteiger partial charge in [-0.1, -0.05) is 12.1 Å². The fraction of sp³-hybridized carbons (Fsp3) is 0.250. The Kier molecular flexibility index (Phi) is 4.35. The van der Waals surface area contributed by atoms with E-state index in [4.69, 9.17) is 4.74 Å². The lowest BCUT2D eigenvalue weighted by Crippen LogP contribution is -2.50. The second-order valence-electron chi connectivity index (χ2n) is 8.33. The number of fused-ring (bicyclic) bond motifs is 5. The van der Waals surface area contributed by atoms with Gasteiger partial charge in [-0.3, -0.25) is 4.79 Å². The van der Waals surface area contributed by atoms with Crippen LogP contribution in [0, 0.1) is 0 Å². The monoisotopic (exact) mass is 469 g/mol. The van der Waals surface area contributed by atoms with Crippen LogP contribution in [-0.4, -0.2) is 33.4 Å². The number of thiazole rings is 1. The van der Waals surface area contributed by atoms with Gasteiger partial charge >= 0.3 is 6.18 Å². The van der Waals surface area contributed by atoms with E-state index < -0.39 is 17.5 Å². The zero-order valence-electron chi connectivity index (χ0n) is 17.3. The lowest BCUT2D eigenvalue weighted by Gasteiger charge is -2.45. The molecule has 2 aliphatic rings. The number of carbonyl (C=O) groups is 1. The van der Waals surface area contributed by atoms with Crippen molar-refractivity contribution < 1.29 is 22.7 Å². The van der Waals surface area contributed by atoms with E-state index in [0.29, 0.717) is 48.6 Å². The molecule has 2 aliphatic heterocycles. The highest BCUT2D eigenvalue weighted by atomic mass is 32.1. The molecule has 0 saturated carbocycles. The van der Waals surface area contributed by atoms with E-state index >= 15 is 0 Å². The van der Waals surface area contributed by atoms with Crippen molar-refractivity contribution in [3.63, 3.8) is 0 Å². The molecule has 9 heteroatoms. The molecule has 1 saturated heterocycles. The normalized spacial score (nSPS) is 17.0. The zero-order valence-corrected chi connectivity index (χ0v) is 18.1. The van der Waals surface area contributed by atoms with Crippen LogP contribution in [0.25, 0.3) is 15.9 Å². The molecule has 33 heavy (non-hydrogen) atoms. The molecule has 0 N–H and O–H groups in total. The van der Waals surface area contributed by atoms with E-state index in [1.165, 1.54) is 22.0 Å². The quantitative estimate of drug-likeness (QED) is 0.363. The molecular formula is C24H18F3N3O2S. The summed E-state index contributed by atoms with van der Waals surface area (Å²) < 4.78 is 49.9. The third kappa shape index (κ3) is 3.13. The van der Waals surface area contributed by atoms with Gasteiger partial charge in [-0.05, 0) is 42.5 Å². The predicted octanol–water partition coefficient (Wildman–Crippen LogP) is 5.63. The summed E-state index contributed by atoms with van der Waals surface area (Å²) in [5, 5.41) is 0. The highest BCUT2D eigenvalue weighted by Crippen LogP contribution is 2.48. The first kappa shape index (κ1) is 20.3. The average Bonchev–Trinajstić information content (AvgIpc) is 3.46. The van der Waals surface area contributed by atoms with Crippen molar-refractivity contribution >= 4 is 27.5 Å². The van der Waals surface area contributed by atoms with Crippen LogP contribution in [0.2, 0.25) is 0 Å². The van der Waals surface area contributed by atoms with Crippen LogP contribution in [0.3, 0.4) is 0 Å². The number of likely N-dealkylation sites (tertiary alicyclic amines) is 1. The Morgan fingerprint density at radius 1 is 1.06 bits per heavy atom. The number of para-hydroxylation sites is 2. The van der Waals surface area contributed by atoms with Crippen LogP contribution in [0.5, 0.6) is 5.75 Å². The standard InChI is InChI=1S/C24H18F3N3O2S/c25-24(26,27)21-8-7-20-23(32-18-4-2-1-3-17(18)30(20)21)9-11-29(12-10-23)22(31)15-5-6-16-19(13-15)33-14-28-16/h1-8,13-14H,9-12H2. The number of piperidine rings is 1. The maximum Gasteiger partial charge on any atom is 0.431 e. The van der Waals surface area contributed by atoms with Gasteiger partial charge in [0.15, 0.2) is 5.60 Å². The Balaban J connectivity index is 1.32. The van der Waals surface area contributed by atoms with E-state index in [9.17, 15) is 18.0 Å². The smallest absolute Gasteiger partial charge is 0.431 e. The number of benzene rings is 2. The number of alkyl halides is 3. The van der Waals surface area contributed by atoms with Crippen LogP contribution in [0.4, 0.5) is 13.2 Å². The summed E-state index contributed by atoms with van der Waals surface area (Å²) in [4.78, 5) is 19.1. The van der Waals surface area contributed by atoms with E-state index in [-0.39, 0.29) is 5.91 Å². The van der Waals surface area contributed by atoms with Crippen molar-refractivity contribution in [3.05, 3.63) is 77.1 Å². The molecule has 2 aromatic carbocycles. The zero-order chi connectivity index (χ0) is 22.8. The van der Waals surface area contributed by atoms with Crippen molar-refractivity contribution in [1.82, 2.24) is 14.5 Å². The maximum atomic E-state index is 13.8. The summed E-state index contributed by atoms with van der Waals surface area (Å²) in [7, 11) is 0. The number of nitrogens with zero attached hydrogens (tertiary/aromatic N) is 3. The number of ether oxygens (including phenoxy) is 1. The minimum Gasteiger partial charge on any atom is -0.479 e. The van der Waals surface area contributed by atoms with E-state index in [1.807, 2.05) is 12.1 Å². The Hall–Kier alpha value is -3.33. The Bertz CT molecular complexity index is 1380. The molecule has 0 aliphatic carbocycles. The second kappa shape index (κ2) is 7.08. The summed E-state index contributed by atoms with van der Waals surface area (Å²) in [6.07, 6.45) is -3.69. The third-order valence-corrected chi connectivity index (χ3v) is 7.28. The van der Waals surface area contributed by atoms with Crippen molar-refractivity contribution in [2.45, 2.75) is 24.6 Å². The van der Waals surface area contributed by atoms with Gasteiger partial charge in [0.05, 0.1) is 27.1 Å². The molecule has 1 amide bonds. The van der Waals surface area contributed by atoms with Crippen molar-refractivity contribution in [2.75, 3.05) is 13.1 Å². The number of rotatable bonds is 1. The molecule has 0 bridgehead atoms. The van der Waals surface area contributed by atoms with Gasteiger partial charge in [-0.15, -0.1) is 11.3 Å². The van der Waals surface area contributed by atoms with Gasteiger partial charge in [0.1, 0.15) is 11.4 Å². The molecule has 6 rings (SSSR count). The number of carbonyl (C=O) groups excluding carboxylic acids is 1. The maximum absolute atomic E-state index is 13.8. The largest absolute Gasteiger partial charge is 0.479 e. The van der Waals surface area contributed by atoms with Gasteiger partial charge in [0.25, 0.3) is 5.91 Å². The van der Waals surface area contributed by atoms with Gasteiger partial charge in [-0.25, -0.2) is 4.98 Å². The number of halogens is 3. The topological polar surface area (TPSA) is 47.4 Å². The van der Waals surface area contributed by atoms with Crippen LogP contribution < -0.4 is 4.74 Å². The molecule has 0 atom stereocenters. The molecule has 0 radical (unpaired) electrons. The van der Waals surface area contributed by atoms with Gasteiger partial charge in [-0.2, -0.15) is 13.2 Å². The fourth-order valence-corrected chi connectivity index (χ4v) is 5.58. The average molecular weight is 469 g/mol. The first-order valence-corrected chi connectivity index (χ1v) is 11.4. The van der Waals surface area contributed by atoms with Gasteiger partial charge in [0, 0.05) is 31.5 Å².